The predicted molar refractivity (Wildman–Crippen MR) is 23.3 cm³/mol. The Hall–Kier alpha value is 1.18. The van der Waals surface area contributed by atoms with Crippen LogP contribution in [0.4, 0.5) is 0 Å². The van der Waals surface area contributed by atoms with Crippen LogP contribution in [0, 0.1) is 0 Å². The molecule has 0 aliphatic heterocycles. The largest absolute Gasteiger partial charge is 1.00 e. The Morgan fingerprint density at radius 3 is 1.17 bits per heavy atom. The molecule has 0 bridgehead atoms. The third kappa shape index (κ3) is 65.2. The van der Waals surface area contributed by atoms with Gasteiger partial charge in [0.1, 0.15) is 0 Å². The van der Waals surface area contributed by atoms with Gasteiger partial charge in [-0.1, -0.05) is 28.0 Å². The quantitative estimate of drug-likeness (QED) is 0.310. The van der Waals surface area contributed by atoms with Crippen LogP contribution >= 0.6 is 0 Å². The first-order valence-electron chi connectivity index (χ1n) is 1.70. The molecule has 0 atom stereocenters. The Morgan fingerprint density at radius 2 is 1.17 bits per heavy atom. The van der Waals surface area contributed by atoms with Crippen molar-refractivity contribution in [2.45, 2.75) is 19.6 Å². The molecule has 0 aliphatic carbocycles. The van der Waals surface area contributed by atoms with E-state index in [9.17, 15) is 4.80 Å². The second kappa shape index (κ2) is 3.21. The van der Waals surface area contributed by atoms with Crippen molar-refractivity contribution in [1.82, 2.24) is 0 Å². The summed E-state index contributed by atoms with van der Waals surface area (Å²) in [6, 6.07) is 0. The number of rotatable bonds is 0. The summed E-state index contributed by atoms with van der Waals surface area (Å²) >= 11 is 0. The first kappa shape index (κ1) is 10.2. The summed E-state index contributed by atoms with van der Waals surface area (Å²) in [6.07, 6.45) is 0. The molecule has 0 aromatic rings. The third-order valence-corrected chi connectivity index (χ3v) is 0. The van der Waals surface area contributed by atoms with E-state index >= 15 is 0 Å². The Labute approximate surface area is 62.2 Å². The SMILES string of the molecule is C[Si](C)(C)[O-].[Na+]. The van der Waals surface area contributed by atoms with E-state index in [-0.39, 0.29) is 29.6 Å². The van der Waals surface area contributed by atoms with E-state index in [1.807, 2.05) is 0 Å². The van der Waals surface area contributed by atoms with Crippen molar-refractivity contribution < 1.29 is 34.4 Å². The van der Waals surface area contributed by atoms with E-state index in [0.29, 0.717) is 0 Å². The molecule has 6 heavy (non-hydrogen) atoms. The maximum atomic E-state index is 10.2. The molecular weight excluding hydrogens is 103 g/mol. The van der Waals surface area contributed by atoms with Gasteiger partial charge in [-0.05, 0) is 0 Å². The van der Waals surface area contributed by atoms with Gasteiger partial charge in [-0.25, -0.2) is 0 Å². The minimum absolute atomic E-state index is 0. The molecule has 0 aliphatic rings. The van der Waals surface area contributed by atoms with Gasteiger partial charge in [0.2, 0.25) is 0 Å². The van der Waals surface area contributed by atoms with Crippen LogP contribution in [0.2, 0.25) is 19.6 Å². The zero-order valence-electron chi connectivity index (χ0n) is 4.91. The Morgan fingerprint density at radius 1 is 1.17 bits per heavy atom. The van der Waals surface area contributed by atoms with Crippen LogP contribution in [0.1, 0.15) is 0 Å². The van der Waals surface area contributed by atoms with E-state index in [2.05, 4.69) is 0 Å². The fourth-order valence-electron chi connectivity index (χ4n) is 0. The van der Waals surface area contributed by atoms with Crippen molar-refractivity contribution >= 4 is 8.32 Å². The predicted octanol–water partition coefficient (Wildman–Crippen LogP) is -2.81. The van der Waals surface area contributed by atoms with Gasteiger partial charge in [0, 0.05) is 0 Å². The van der Waals surface area contributed by atoms with Crippen molar-refractivity contribution in [3.8, 4) is 0 Å². The molecule has 0 unspecified atom stereocenters. The van der Waals surface area contributed by atoms with Gasteiger partial charge >= 0.3 is 29.6 Å². The zero-order chi connectivity index (χ0) is 4.50. The fourth-order valence-corrected chi connectivity index (χ4v) is 0. The maximum Gasteiger partial charge on any atom is 1.00 e. The molecular formula is C3H9NaOSi. The molecule has 0 fully saturated rings. The molecule has 0 saturated carbocycles. The third-order valence-electron chi connectivity index (χ3n) is 0. The summed E-state index contributed by atoms with van der Waals surface area (Å²) in [5.41, 5.74) is 0. The Bertz CT molecular complexity index is 26.3. The van der Waals surface area contributed by atoms with Crippen molar-refractivity contribution in [3.05, 3.63) is 0 Å². The van der Waals surface area contributed by atoms with Crippen LogP contribution in [0.25, 0.3) is 0 Å². The van der Waals surface area contributed by atoms with E-state index in [0.717, 1.165) is 0 Å². The van der Waals surface area contributed by atoms with Gasteiger partial charge in [-0.2, -0.15) is 0 Å². The van der Waals surface area contributed by atoms with Crippen molar-refractivity contribution in [2.24, 2.45) is 0 Å². The van der Waals surface area contributed by atoms with Crippen LogP contribution in [0.5, 0.6) is 0 Å². The smallest absolute Gasteiger partial charge is 0.859 e. The Balaban J connectivity index is 0. The molecule has 0 N–H and O–H groups in total. The van der Waals surface area contributed by atoms with Crippen LogP contribution in [0.3, 0.4) is 0 Å². The summed E-state index contributed by atoms with van der Waals surface area (Å²) in [5.74, 6) is 0. The number of hydrogen-bond acceptors (Lipinski definition) is 1. The maximum absolute atomic E-state index is 10.2. The van der Waals surface area contributed by atoms with Crippen LogP contribution in [-0.4, -0.2) is 8.32 Å². The molecule has 0 rings (SSSR count). The molecule has 0 aromatic heterocycles. The van der Waals surface area contributed by atoms with Crippen LogP contribution < -0.4 is 34.4 Å². The van der Waals surface area contributed by atoms with E-state index in [4.69, 9.17) is 0 Å². The molecule has 0 heterocycles. The minimum atomic E-state index is -1.86. The van der Waals surface area contributed by atoms with E-state index in [1.165, 1.54) is 0 Å². The average molecular weight is 112 g/mol. The van der Waals surface area contributed by atoms with Gasteiger partial charge in [0.25, 0.3) is 0 Å². The van der Waals surface area contributed by atoms with Gasteiger partial charge < -0.3 is 4.80 Å². The molecule has 32 valence electrons. The fraction of sp³-hybridized carbons (Fsp3) is 1.00. The van der Waals surface area contributed by atoms with E-state index in [1.54, 1.807) is 19.6 Å². The topological polar surface area (TPSA) is 23.1 Å². The monoisotopic (exact) mass is 112 g/mol. The molecule has 3 heteroatoms. The van der Waals surface area contributed by atoms with Gasteiger partial charge in [0.05, 0.1) is 0 Å². The van der Waals surface area contributed by atoms with Gasteiger partial charge in [0.15, 0.2) is 0 Å². The molecule has 0 saturated heterocycles. The van der Waals surface area contributed by atoms with Crippen LogP contribution in [0.15, 0.2) is 0 Å². The molecule has 0 aromatic carbocycles. The van der Waals surface area contributed by atoms with Gasteiger partial charge in [-0.15, -0.1) is 0 Å². The second-order valence-electron chi connectivity index (χ2n) is 2.11. The summed E-state index contributed by atoms with van der Waals surface area (Å²) in [6.45, 7) is 5.31. The molecule has 0 spiro atoms. The zero-order valence-corrected chi connectivity index (χ0v) is 7.91. The summed E-state index contributed by atoms with van der Waals surface area (Å²) in [7, 11) is -1.86. The first-order chi connectivity index (χ1) is 2.00. The van der Waals surface area contributed by atoms with Crippen molar-refractivity contribution in [2.75, 3.05) is 0 Å². The Kier molecular flexibility index (Phi) is 5.47. The average Bonchev–Trinajstić information content (AvgIpc) is 0.722. The molecule has 0 radical (unpaired) electrons. The minimum Gasteiger partial charge on any atom is -0.859 e. The second-order valence-corrected chi connectivity index (χ2v) is 6.34. The summed E-state index contributed by atoms with van der Waals surface area (Å²) in [4.78, 5) is 10.2. The van der Waals surface area contributed by atoms with Crippen LogP contribution in [-0.2, 0) is 0 Å². The van der Waals surface area contributed by atoms with Crippen molar-refractivity contribution in [1.29, 1.82) is 0 Å². The number of hydrogen-bond donors (Lipinski definition) is 0. The van der Waals surface area contributed by atoms with Gasteiger partial charge in [-0.3, -0.25) is 0 Å². The first-order valence-corrected chi connectivity index (χ1v) is 5.11. The normalized spacial score (nSPS) is 10.0. The van der Waals surface area contributed by atoms with E-state index < -0.39 is 8.32 Å². The molecule has 0 amide bonds. The summed E-state index contributed by atoms with van der Waals surface area (Å²) < 4.78 is 0. The molecule has 1 nitrogen and oxygen atoms in total. The van der Waals surface area contributed by atoms with Crippen molar-refractivity contribution in [3.63, 3.8) is 0 Å². The summed E-state index contributed by atoms with van der Waals surface area (Å²) in [5, 5.41) is 0. The standard InChI is InChI=1S/C3H9OSi.Na/c1-5(2,3)4;/h1-3H3;/q-1;+1.